The number of carbonyl (C=O) groups is 1. The van der Waals surface area contributed by atoms with Gasteiger partial charge in [0, 0.05) is 30.7 Å². The van der Waals surface area contributed by atoms with Gasteiger partial charge in [-0.15, -0.1) is 0 Å². The van der Waals surface area contributed by atoms with Gasteiger partial charge in [0.2, 0.25) is 0 Å². The number of rotatable bonds is 9. The molecule has 1 aromatic carbocycles. The molecule has 1 heterocycles. The van der Waals surface area contributed by atoms with Gasteiger partial charge in [0.1, 0.15) is 0 Å². The second-order valence-corrected chi connectivity index (χ2v) is 7.57. The van der Waals surface area contributed by atoms with E-state index in [-0.39, 0.29) is 11.4 Å². The zero-order valence-corrected chi connectivity index (χ0v) is 17.5. The minimum atomic E-state index is -0.179. The van der Waals surface area contributed by atoms with Crippen molar-refractivity contribution in [3.8, 4) is 11.5 Å². The minimum absolute atomic E-state index is 0.157. The molecule has 0 bridgehead atoms. The van der Waals surface area contributed by atoms with E-state index in [1.807, 2.05) is 13.8 Å². The predicted molar refractivity (Wildman–Crippen MR) is 107 cm³/mol. The summed E-state index contributed by atoms with van der Waals surface area (Å²) in [6.45, 7) is 12.9. The summed E-state index contributed by atoms with van der Waals surface area (Å²) in [5, 5.41) is 3.40. The van der Waals surface area contributed by atoms with Crippen LogP contribution in [0, 0.1) is 0 Å². The molecular formula is C20H31ClN2O4. The lowest BCUT2D eigenvalue weighted by atomic mass is 10.0. The molecule has 152 valence electrons. The third-order valence-electron chi connectivity index (χ3n) is 4.57. The lowest BCUT2D eigenvalue weighted by molar-refractivity contribution is -0.00923. The SMILES string of the molecule is CCCOc1c(Cl)cc(C(=O)NCC(C)(C)N2CCOCC2)cc1OCC. The van der Waals surface area contributed by atoms with E-state index in [1.165, 1.54) is 0 Å². The molecule has 0 unspecified atom stereocenters. The number of morpholine rings is 1. The highest BCUT2D eigenvalue weighted by molar-refractivity contribution is 6.32. The Balaban J connectivity index is 2.08. The zero-order valence-electron chi connectivity index (χ0n) is 16.8. The van der Waals surface area contributed by atoms with Gasteiger partial charge in [-0.25, -0.2) is 0 Å². The van der Waals surface area contributed by atoms with Crippen molar-refractivity contribution in [2.75, 3.05) is 46.1 Å². The van der Waals surface area contributed by atoms with E-state index in [0.29, 0.717) is 41.8 Å². The number of nitrogens with zero attached hydrogens (tertiary/aromatic N) is 1. The summed E-state index contributed by atoms with van der Waals surface area (Å²) >= 11 is 6.35. The van der Waals surface area contributed by atoms with E-state index in [4.69, 9.17) is 25.8 Å². The van der Waals surface area contributed by atoms with Crippen molar-refractivity contribution >= 4 is 17.5 Å². The number of ether oxygens (including phenoxy) is 3. The van der Waals surface area contributed by atoms with Gasteiger partial charge in [-0.05, 0) is 39.3 Å². The molecule has 1 amide bonds. The fraction of sp³-hybridized carbons (Fsp3) is 0.650. The van der Waals surface area contributed by atoms with E-state index >= 15 is 0 Å². The number of hydrogen-bond donors (Lipinski definition) is 1. The Kier molecular flexibility index (Phi) is 8.20. The van der Waals surface area contributed by atoms with Crippen LogP contribution in [-0.4, -0.2) is 62.4 Å². The minimum Gasteiger partial charge on any atom is -0.490 e. The zero-order chi connectivity index (χ0) is 19.9. The number of amides is 1. The molecule has 1 N–H and O–H groups in total. The molecule has 7 heteroatoms. The first-order valence-corrected chi connectivity index (χ1v) is 9.97. The van der Waals surface area contributed by atoms with Gasteiger partial charge in [0.25, 0.3) is 5.91 Å². The Bertz CT molecular complexity index is 631. The second kappa shape index (κ2) is 10.2. The molecule has 2 rings (SSSR count). The molecule has 1 aliphatic rings. The van der Waals surface area contributed by atoms with Crippen molar-refractivity contribution in [2.45, 2.75) is 39.7 Å². The standard InChI is InChI=1S/C20H31ClN2O4/c1-5-9-27-18-16(21)12-15(13-17(18)26-6-2)19(24)22-14-20(3,4)23-7-10-25-11-8-23/h12-13H,5-11,14H2,1-4H3,(H,22,24). The number of halogens is 1. The summed E-state index contributed by atoms with van der Waals surface area (Å²) < 4.78 is 16.7. The summed E-state index contributed by atoms with van der Waals surface area (Å²) in [6, 6.07) is 3.32. The molecule has 6 nitrogen and oxygen atoms in total. The Morgan fingerprint density at radius 3 is 2.59 bits per heavy atom. The Labute approximate surface area is 167 Å². The van der Waals surface area contributed by atoms with Crippen molar-refractivity contribution in [1.29, 1.82) is 0 Å². The third-order valence-corrected chi connectivity index (χ3v) is 4.85. The van der Waals surface area contributed by atoms with Crippen molar-refractivity contribution < 1.29 is 19.0 Å². The van der Waals surface area contributed by atoms with Gasteiger partial charge in [-0.2, -0.15) is 0 Å². The first-order chi connectivity index (χ1) is 12.9. The molecule has 1 aliphatic heterocycles. The molecule has 0 aromatic heterocycles. The molecule has 0 atom stereocenters. The van der Waals surface area contributed by atoms with Gasteiger partial charge < -0.3 is 19.5 Å². The summed E-state index contributed by atoms with van der Waals surface area (Å²) in [6.07, 6.45) is 0.862. The van der Waals surface area contributed by atoms with Crippen LogP contribution < -0.4 is 14.8 Å². The molecule has 0 saturated carbocycles. The van der Waals surface area contributed by atoms with Crippen LogP contribution in [-0.2, 0) is 4.74 Å². The van der Waals surface area contributed by atoms with Crippen LogP contribution in [0.2, 0.25) is 5.02 Å². The smallest absolute Gasteiger partial charge is 0.251 e. The number of carbonyl (C=O) groups excluding carboxylic acids is 1. The Morgan fingerprint density at radius 2 is 1.96 bits per heavy atom. The average Bonchev–Trinajstić information content (AvgIpc) is 2.66. The van der Waals surface area contributed by atoms with Crippen LogP contribution in [0.3, 0.4) is 0 Å². The lowest BCUT2D eigenvalue weighted by Crippen LogP contribution is -2.55. The first-order valence-electron chi connectivity index (χ1n) is 9.59. The fourth-order valence-corrected chi connectivity index (χ4v) is 3.25. The van der Waals surface area contributed by atoms with Gasteiger partial charge in [0.15, 0.2) is 11.5 Å². The van der Waals surface area contributed by atoms with Crippen molar-refractivity contribution in [3.05, 3.63) is 22.7 Å². The quantitative estimate of drug-likeness (QED) is 0.691. The van der Waals surface area contributed by atoms with E-state index in [0.717, 1.165) is 32.7 Å². The summed E-state index contributed by atoms with van der Waals surface area (Å²) in [7, 11) is 0. The Hall–Kier alpha value is -1.50. The molecule has 1 saturated heterocycles. The normalized spacial score (nSPS) is 15.4. The van der Waals surface area contributed by atoms with Gasteiger partial charge >= 0.3 is 0 Å². The van der Waals surface area contributed by atoms with Gasteiger partial charge in [-0.1, -0.05) is 18.5 Å². The van der Waals surface area contributed by atoms with Crippen LogP contribution in [0.5, 0.6) is 11.5 Å². The topological polar surface area (TPSA) is 60.0 Å². The van der Waals surface area contributed by atoms with Crippen LogP contribution in [0.15, 0.2) is 12.1 Å². The lowest BCUT2D eigenvalue weighted by Gasteiger charge is -2.40. The second-order valence-electron chi connectivity index (χ2n) is 7.16. The maximum Gasteiger partial charge on any atom is 0.251 e. The third kappa shape index (κ3) is 5.99. The maximum absolute atomic E-state index is 12.7. The molecule has 1 aromatic rings. The van der Waals surface area contributed by atoms with Crippen molar-refractivity contribution in [1.82, 2.24) is 10.2 Å². The highest BCUT2D eigenvalue weighted by Crippen LogP contribution is 2.36. The maximum atomic E-state index is 12.7. The molecule has 1 fully saturated rings. The number of benzene rings is 1. The monoisotopic (exact) mass is 398 g/mol. The van der Waals surface area contributed by atoms with E-state index in [2.05, 4.69) is 24.1 Å². The van der Waals surface area contributed by atoms with Crippen LogP contribution in [0.25, 0.3) is 0 Å². The summed E-state index contributed by atoms with van der Waals surface area (Å²) in [4.78, 5) is 15.0. The van der Waals surface area contributed by atoms with Crippen LogP contribution >= 0.6 is 11.6 Å². The van der Waals surface area contributed by atoms with Crippen LogP contribution in [0.1, 0.15) is 44.5 Å². The largest absolute Gasteiger partial charge is 0.490 e. The van der Waals surface area contributed by atoms with Crippen LogP contribution in [0.4, 0.5) is 0 Å². The summed E-state index contributed by atoms with van der Waals surface area (Å²) in [5.74, 6) is 0.808. The molecule has 0 radical (unpaired) electrons. The van der Waals surface area contributed by atoms with E-state index in [9.17, 15) is 4.79 Å². The highest BCUT2D eigenvalue weighted by Gasteiger charge is 2.29. The molecule has 0 spiro atoms. The van der Waals surface area contributed by atoms with Crippen molar-refractivity contribution in [3.63, 3.8) is 0 Å². The Morgan fingerprint density at radius 1 is 1.26 bits per heavy atom. The van der Waals surface area contributed by atoms with E-state index < -0.39 is 0 Å². The van der Waals surface area contributed by atoms with Crippen molar-refractivity contribution in [2.24, 2.45) is 0 Å². The molecule has 27 heavy (non-hydrogen) atoms. The van der Waals surface area contributed by atoms with Gasteiger partial charge in [-0.3, -0.25) is 9.69 Å². The fourth-order valence-electron chi connectivity index (χ4n) is 2.99. The molecule has 0 aliphatic carbocycles. The number of nitrogens with one attached hydrogen (secondary N) is 1. The summed E-state index contributed by atoms with van der Waals surface area (Å²) in [5.41, 5.74) is 0.306. The average molecular weight is 399 g/mol. The number of hydrogen-bond acceptors (Lipinski definition) is 5. The highest BCUT2D eigenvalue weighted by atomic mass is 35.5. The predicted octanol–water partition coefficient (Wildman–Crippen LogP) is 3.37. The molecular weight excluding hydrogens is 368 g/mol. The van der Waals surface area contributed by atoms with E-state index in [1.54, 1.807) is 12.1 Å². The van der Waals surface area contributed by atoms with Gasteiger partial charge in [0.05, 0.1) is 31.5 Å². The first kappa shape index (κ1) is 21.8.